The maximum Gasteiger partial charge on any atom is 0.230 e. The number of nitrogens with one attached hydrogen (secondary N) is 1. The van der Waals surface area contributed by atoms with Crippen molar-refractivity contribution in [3.05, 3.63) is 58.8 Å². The van der Waals surface area contributed by atoms with Gasteiger partial charge in [0.1, 0.15) is 5.69 Å². The van der Waals surface area contributed by atoms with Crippen LogP contribution in [0.3, 0.4) is 0 Å². The lowest BCUT2D eigenvalue weighted by atomic mass is 10.1. The molecule has 0 aliphatic carbocycles. The topological polar surface area (TPSA) is 55.1 Å². The third-order valence-corrected chi connectivity index (χ3v) is 4.55. The Hall–Kier alpha value is -2.62. The number of unbranched alkanes of at least 4 members (excludes halogenated alkanes) is 1. The summed E-state index contributed by atoms with van der Waals surface area (Å²) in [5.41, 5.74) is 5.84. The van der Waals surface area contributed by atoms with Crippen LogP contribution in [0.1, 0.15) is 42.1 Å². The minimum atomic E-state index is -0.0882. The first-order valence-electron chi connectivity index (χ1n) is 8.81. The van der Waals surface area contributed by atoms with Crippen LogP contribution in [0.25, 0.3) is 11.0 Å². The van der Waals surface area contributed by atoms with E-state index in [1.165, 1.54) is 24.0 Å². The third-order valence-electron chi connectivity index (χ3n) is 4.55. The first kappa shape index (κ1) is 17.2. The van der Waals surface area contributed by atoms with Gasteiger partial charge >= 0.3 is 0 Å². The van der Waals surface area contributed by atoms with Crippen LogP contribution in [-0.4, -0.2) is 11.1 Å². The van der Waals surface area contributed by atoms with Crippen molar-refractivity contribution in [1.29, 1.82) is 0 Å². The predicted molar refractivity (Wildman–Crippen MR) is 101 cm³/mol. The molecular formula is C21H24N2O2. The monoisotopic (exact) mass is 336 g/mol. The van der Waals surface area contributed by atoms with E-state index in [0.29, 0.717) is 5.69 Å². The zero-order valence-corrected chi connectivity index (χ0v) is 15.1. The van der Waals surface area contributed by atoms with Crippen LogP contribution in [-0.2, 0) is 17.6 Å². The molecule has 1 N–H and O–H groups in total. The van der Waals surface area contributed by atoms with Crippen molar-refractivity contribution in [2.24, 2.45) is 0 Å². The number of hydrogen-bond acceptors (Lipinski definition) is 3. The zero-order chi connectivity index (χ0) is 17.8. The first-order valence-corrected chi connectivity index (χ1v) is 8.81. The summed E-state index contributed by atoms with van der Waals surface area (Å²) in [6.45, 7) is 6.27. The highest BCUT2D eigenvalue weighted by Crippen LogP contribution is 2.23. The van der Waals surface area contributed by atoms with Gasteiger partial charge in [-0.25, -0.2) is 0 Å². The van der Waals surface area contributed by atoms with Gasteiger partial charge in [0.25, 0.3) is 0 Å². The van der Waals surface area contributed by atoms with Crippen LogP contribution < -0.4 is 5.32 Å². The molecule has 0 bridgehead atoms. The molecule has 3 rings (SSSR count). The Morgan fingerprint density at radius 1 is 1.12 bits per heavy atom. The van der Waals surface area contributed by atoms with Gasteiger partial charge in [0.05, 0.1) is 6.42 Å². The molecule has 4 nitrogen and oxygen atoms in total. The van der Waals surface area contributed by atoms with Gasteiger partial charge < -0.3 is 9.84 Å². The fourth-order valence-corrected chi connectivity index (χ4v) is 2.86. The molecule has 25 heavy (non-hydrogen) atoms. The van der Waals surface area contributed by atoms with Gasteiger partial charge in [0, 0.05) is 11.1 Å². The SMILES string of the molecule is CCCCc1ccc(NC(=O)Cc2noc3cc(C)c(C)cc23)cc1. The van der Waals surface area contributed by atoms with Crippen molar-refractivity contribution < 1.29 is 9.32 Å². The van der Waals surface area contributed by atoms with Crippen LogP contribution in [0.4, 0.5) is 5.69 Å². The van der Waals surface area contributed by atoms with Crippen LogP contribution in [0.2, 0.25) is 0 Å². The Bertz CT molecular complexity index is 879. The number of fused-ring (bicyclic) bond motifs is 1. The van der Waals surface area contributed by atoms with E-state index < -0.39 is 0 Å². The Morgan fingerprint density at radius 3 is 2.56 bits per heavy atom. The quantitative estimate of drug-likeness (QED) is 0.691. The Kier molecular flexibility index (Phi) is 5.17. The van der Waals surface area contributed by atoms with Crippen LogP contribution in [0, 0.1) is 13.8 Å². The van der Waals surface area contributed by atoms with Gasteiger partial charge in [-0.3, -0.25) is 4.79 Å². The van der Waals surface area contributed by atoms with E-state index in [1.54, 1.807) is 0 Å². The summed E-state index contributed by atoms with van der Waals surface area (Å²) >= 11 is 0. The van der Waals surface area contributed by atoms with Gasteiger partial charge in [-0.1, -0.05) is 30.6 Å². The predicted octanol–water partition coefficient (Wildman–Crippen LogP) is 4.97. The van der Waals surface area contributed by atoms with Crippen molar-refractivity contribution in [1.82, 2.24) is 5.16 Å². The number of aryl methyl sites for hydroxylation is 3. The fraction of sp³-hybridized carbons (Fsp3) is 0.333. The second-order valence-corrected chi connectivity index (χ2v) is 6.59. The molecule has 0 aliphatic rings. The maximum absolute atomic E-state index is 12.3. The molecule has 0 unspecified atom stereocenters. The van der Waals surface area contributed by atoms with Crippen molar-refractivity contribution in [2.45, 2.75) is 46.5 Å². The molecule has 0 spiro atoms. The number of rotatable bonds is 6. The summed E-state index contributed by atoms with van der Waals surface area (Å²) in [5, 5.41) is 7.92. The molecule has 2 aromatic carbocycles. The largest absolute Gasteiger partial charge is 0.356 e. The number of anilines is 1. The number of hydrogen-bond donors (Lipinski definition) is 1. The molecule has 1 aromatic heterocycles. The molecule has 0 saturated heterocycles. The normalized spacial score (nSPS) is 11.0. The second-order valence-electron chi connectivity index (χ2n) is 6.59. The molecule has 130 valence electrons. The molecule has 0 fully saturated rings. The fourth-order valence-electron chi connectivity index (χ4n) is 2.86. The maximum atomic E-state index is 12.3. The standard InChI is InChI=1S/C21H24N2O2/c1-4-5-6-16-7-9-17(10-8-16)22-21(24)13-19-18-11-14(2)15(3)12-20(18)25-23-19/h7-12H,4-6,13H2,1-3H3,(H,22,24). The molecular weight excluding hydrogens is 312 g/mol. The number of aromatic nitrogens is 1. The van der Waals surface area contributed by atoms with Gasteiger partial charge in [0.2, 0.25) is 5.91 Å². The van der Waals surface area contributed by atoms with Crippen LogP contribution >= 0.6 is 0 Å². The summed E-state index contributed by atoms with van der Waals surface area (Å²) in [7, 11) is 0. The van der Waals surface area contributed by atoms with Crippen molar-refractivity contribution in [3.8, 4) is 0 Å². The van der Waals surface area contributed by atoms with Gasteiger partial charge in [-0.05, 0) is 67.6 Å². The summed E-state index contributed by atoms with van der Waals surface area (Å²) in [6, 6.07) is 12.1. The van der Waals surface area contributed by atoms with E-state index in [2.05, 4.69) is 29.5 Å². The molecule has 0 atom stereocenters. The highest BCUT2D eigenvalue weighted by Gasteiger charge is 2.13. The lowest BCUT2D eigenvalue weighted by Crippen LogP contribution is -2.14. The first-order chi connectivity index (χ1) is 12.1. The lowest BCUT2D eigenvalue weighted by molar-refractivity contribution is -0.115. The summed E-state index contributed by atoms with van der Waals surface area (Å²) in [4.78, 5) is 12.3. The van der Waals surface area contributed by atoms with Crippen molar-refractivity contribution in [2.75, 3.05) is 5.32 Å². The summed E-state index contributed by atoms with van der Waals surface area (Å²) in [5.74, 6) is -0.0882. The smallest absolute Gasteiger partial charge is 0.230 e. The number of benzene rings is 2. The van der Waals surface area contributed by atoms with E-state index in [-0.39, 0.29) is 12.3 Å². The highest BCUT2D eigenvalue weighted by molar-refractivity contribution is 5.94. The van der Waals surface area contributed by atoms with Gasteiger partial charge in [-0.15, -0.1) is 0 Å². The molecule has 4 heteroatoms. The number of carbonyl (C=O) groups excluding carboxylic acids is 1. The third kappa shape index (κ3) is 4.08. The van der Waals surface area contributed by atoms with Crippen molar-refractivity contribution >= 4 is 22.6 Å². The Labute approximate surface area is 148 Å². The van der Waals surface area contributed by atoms with Gasteiger partial charge in [0.15, 0.2) is 5.58 Å². The molecule has 0 saturated carbocycles. The average Bonchev–Trinajstić information content (AvgIpc) is 2.96. The Morgan fingerprint density at radius 2 is 1.84 bits per heavy atom. The van der Waals surface area contributed by atoms with Gasteiger partial charge in [-0.2, -0.15) is 0 Å². The number of carbonyl (C=O) groups is 1. The summed E-state index contributed by atoms with van der Waals surface area (Å²) < 4.78 is 5.36. The summed E-state index contributed by atoms with van der Waals surface area (Å²) in [6.07, 6.45) is 3.65. The molecule has 0 aliphatic heterocycles. The average molecular weight is 336 g/mol. The van der Waals surface area contributed by atoms with E-state index in [0.717, 1.165) is 28.6 Å². The van der Waals surface area contributed by atoms with E-state index in [4.69, 9.17) is 4.52 Å². The second kappa shape index (κ2) is 7.51. The Balaban J connectivity index is 1.67. The van der Waals surface area contributed by atoms with E-state index in [9.17, 15) is 4.79 Å². The van der Waals surface area contributed by atoms with Crippen LogP contribution in [0.5, 0.6) is 0 Å². The molecule has 3 aromatic rings. The van der Waals surface area contributed by atoms with E-state index in [1.807, 2.05) is 38.1 Å². The number of amides is 1. The zero-order valence-electron chi connectivity index (χ0n) is 15.1. The van der Waals surface area contributed by atoms with Crippen LogP contribution in [0.15, 0.2) is 40.9 Å². The highest BCUT2D eigenvalue weighted by atomic mass is 16.5. The molecule has 1 heterocycles. The van der Waals surface area contributed by atoms with E-state index >= 15 is 0 Å². The molecule has 1 amide bonds. The minimum absolute atomic E-state index is 0.0882. The molecule has 0 radical (unpaired) electrons. The van der Waals surface area contributed by atoms with Crippen molar-refractivity contribution in [3.63, 3.8) is 0 Å². The minimum Gasteiger partial charge on any atom is -0.356 e. The number of nitrogens with zero attached hydrogens (tertiary/aromatic N) is 1. The lowest BCUT2D eigenvalue weighted by Gasteiger charge is -2.06.